The molecule has 0 spiro atoms. The molecule has 1 aromatic rings. The Morgan fingerprint density at radius 1 is 1.43 bits per heavy atom. The number of hydrogen-bond donors (Lipinski definition) is 0. The summed E-state index contributed by atoms with van der Waals surface area (Å²) >= 11 is 6.38. The Morgan fingerprint density at radius 3 is 2.79 bits per heavy atom. The Kier molecular flexibility index (Phi) is 5.33. The second-order valence-corrected chi connectivity index (χ2v) is 4.02. The summed E-state index contributed by atoms with van der Waals surface area (Å²) in [7, 11) is 0. The van der Waals surface area contributed by atoms with Crippen LogP contribution in [0.2, 0.25) is 0 Å². The molecule has 3 heteroatoms. The number of benzene rings is 1. The molecule has 0 aliphatic carbocycles. The molecule has 0 aliphatic heterocycles. The molecule has 14 heavy (non-hydrogen) atoms. The third kappa shape index (κ3) is 4.44. The van der Waals surface area contributed by atoms with Crippen molar-refractivity contribution in [1.29, 1.82) is 0 Å². The van der Waals surface area contributed by atoms with E-state index in [9.17, 15) is 0 Å². The largest absolute Gasteiger partial charge is 0.479 e. The zero-order valence-corrected chi connectivity index (χ0v) is 9.61. The number of thiocarbonyl (C=S) groups is 1. The van der Waals surface area contributed by atoms with Crippen molar-refractivity contribution >= 4 is 34.4 Å². The quantitative estimate of drug-likeness (QED) is 0.724. The molecule has 1 nitrogen and oxygen atoms in total. The molecule has 0 N–H and O–H groups in total. The summed E-state index contributed by atoms with van der Waals surface area (Å²) in [5.74, 6) is 0. The molecule has 0 radical (unpaired) electrons. The standard InChI is InChI=1S/C11H12OS2/c1-2-12-11(13)14-9-8-10-6-4-3-5-7-10/h3-9H,2H2,1H3/b9-8+. The van der Waals surface area contributed by atoms with Crippen LogP contribution in [-0.4, -0.2) is 11.0 Å². The van der Waals surface area contributed by atoms with Crippen LogP contribution in [0, 0.1) is 0 Å². The fourth-order valence-corrected chi connectivity index (χ4v) is 1.69. The normalized spacial score (nSPS) is 10.4. The summed E-state index contributed by atoms with van der Waals surface area (Å²) in [5.41, 5.74) is 1.17. The Hall–Kier alpha value is -0.800. The van der Waals surface area contributed by atoms with Gasteiger partial charge in [-0.05, 0) is 48.0 Å². The van der Waals surface area contributed by atoms with E-state index in [0.717, 1.165) is 0 Å². The fourth-order valence-electron chi connectivity index (χ4n) is 0.884. The second-order valence-electron chi connectivity index (χ2n) is 2.51. The highest BCUT2D eigenvalue weighted by Gasteiger charge is 1.91. The predicted octanol–water partition coefficient (Wildman–Crippen LogP) is 3.71. The summed E-state index contributed by atoms with van der Waals surface area (Å²) in [6, 6.07) is 10.1. The van der Waals surface area contributed by atoms with Crippen molar-refractivity contribution in [2.45, 2.75) is 6.92 Å². The molecule has 0 heterocycles. The van der Waals surface area contributed by atoms with E-state index in [2.05, 4.69) is 0 Å². The third-order valence-electron chi connectivity index (χ3n) is 1.49. The van der Waals surface area contributed by atoms with Crippen molar-refractivity contribution < 1.29 is 4.74 Å². The van der Waals surface area contributed by atoms with Crippen LogP contribution in [0.15, 0.2) is 35.7 Å². The van der Waals surface area contributed by atoms with E-state index in [0.29, 0.717) is 11.0 Å². The van der Waals surface area contributed by atoms with Crippen molar-refractivity contribution in [3.05, 3.63) is 41.3 Å². The number of hydrogen-bond acceptors (Lipinski definition) is 3. The zero-order valence-electron chi connectivity index (χ0n) is 7.97. The number of ether oxygens (including phenoxy) is 1. The first kappa shape index (κ1) is 11.3. The SMILES string of the molecule is CCOC(=S)S/C=C/c1ccccc1. The molecule has 0 unspecified atom stereocenters. The van der Waals surface area contributed by atoms with Gasteiger partial charge in [0.05, 0.1) is 6.61 Å². The monoisotopic (exact) mass is 224 g/mol. The number of thioether (sulfide) groups is 1. The molecule has 0 aliphatic rings. The van der Waals surface area contributed by atoms with Crippen molar-refractivity contribution in [2.75, 3.05) is 6.61 Å². The smallest absolute Gasteiger partial charge is 0.224 e. The van der Waals surface area contributed by atoms with Gasteiger partial charge in [0, 0.05) is 0 Å². The molecular weight excluding hydrogens is 212 g/mol. The Morgan fingerprint density at radius 2 is 2.14 bits per heavy atom. The molecule has 0 saturated carbocycles. The van der Waals surface area contributed by atoms with Crippen LogP contribution in [0.5, 0.6) is 0 Å². The lowest BCUT2D eigenvalue weighted by atomic mass is 10.2. The topological polar surface area (TPSA) is 9.23 Å². The predicted molar refractivity (Wildman–Crippen MR) is 67.3 cm³/mol. The molecule has 1 aromatic carbocycles. The highest BCUT2D eigenvalue weighted by Crippen LogP contribution is 2.11. The Bertz CT molecular complexity index is 306. The van der Waals surface area contributed by atoms with Gasteiger partial charge in [0.25, 0.3) is 0 Å². The van der Waals surface area contributed by atoms with E-state index >= 15 is 0 Å². The molecule has 1 rings (SSSR count). The molecule has 74 valence electrons. The maximum absolute atomic E-state index is 5.12. The van der Waals surface area contributed by atoms with Crippen molar-refractivity contribution in [2.24, 2.45) is 0 Å². The van der Waals surface area contributed by atoms with E-state index in [1.165, 1.54) is 17.3 Å². The van der Waals surface area contributed by atoms with Crippen LogP contribution < -0.4 is 0 Å². The van der Waals surface area contributed by atoms with Gasteiger partial charge in [-0.3, -0.25) is 0 Å². The van der Waals surface area contributed by atoms with Crippen LogP contribution in [-0.2, 0) is 4.74 Å². The van der Waals surface area contributed by atoms with Gasteiger partial charge in [-0.25, -0.2) is 0 Å². The van der Waals surface area contributed by atoms with Gasteiger partial charge in [-0.15, -0.1) is 0 Å². The third-order valence-corrected chi connectivity index (χ3v) is 2.48. The maximum Gasteiger partial charge on any atom is 0.224 e. The van der Waals surface area contributed by atoms with Gasteiger partial charge >= 0.3 is 0 Å². The lowest BCUT2D eigenvalue weighted by molar-refractivity contribution is 0.346. The highest BCUT2D eigenvalue weighted by atomic mass is 32.2. The van der Waals surface area contributed by atoms with Crippen LogP contribution in [0.25, 0.3) is 6.08 Å². The maximum atomic E-state index is 5.12. The van der Waals surface area contributed by atoms with Gasteiger partial charge in [-0.1, -0.05) is 30.3 Å². The minimum atomic E-state index is 0.569. The summed E-state index contributed by atoms with van der Waals surface area (Å²) in [5, 5.41) is 1.94. The summed E-state index contributed by atoms with van der Waals surface area (Å²) in [4.78, 5) is 0. The highest BCUT2D eigenvalue weighted by molar-refractivity contribution is 8.24. The van der Waals surface area contributed by atoms with E-state index in [1.54, 1.807) is 0 Å². The molecule has 0 bridgehead atoms. The zero-order chi connectivity index (χ0) is 10.2. The van der Waals surface area contributed by atoms with Crippen LogP contribution in [0.4, 0.5) is 0 Å². The van der Waals surface area contributed by atoms with Crippen molar-refractivity contribution in [3.63, 3.8) is 0 Å². The van der Waals surface area contributed by atoms with E-state index in [1.807, 2.05) is 48.7 Å². The Balaban J connectivity index is 2.38. The first-order chi connectivity index (χ1) is 6.83. The molecular formula is C11H12OS2. The first-order valence-electron chi connectivity index (χ1n) is 4.38. The van der Waals surface area contributed by atoms with E-state index in [-0.39, 0.29) is 0 Å². The number of rotatable bonds is 3. The molecule has 0 fully saturated rings. The summed E-state index contributed by atoms with van der Waals surface area (Å²) in [6.45, 7) is 2.55. The van der Waals surface area contributed by atoms with Crippen LogP contribution >= 0.6 is 24.0 Å². The van der Waals surface area contributed by atoms with E-state index in [4.69, 9.17) is 17.0 Å². The minimum absolute atomic E-state index is 0.569. The average Bonchev–Trinajstić information content (AvgIpc) is 2.20. The summed E-state index contributed by atoms with van der Waals surface area (Å²) in [6.07, 6.45) is 2.01. The lowest BCUT2D eigenvalue weighted by Gasteiger charge is -1.99. The Labute approximate surface area is 94.2 Å². The molecule has 0 amide bonds. The molecule has 0 aromatic heterocycles. The minimum Gasteiger partial charge on any atom is -0.479 e. The van der Waals surface area contributed by atoms with E-state index < -0.39 is 0 Å². The molecule has 0 atom stereocenters. The first-order valence-corrected chi connectivity index (χ1v) is 5.66. The van der Waals surface area contributed by atoms with Crippen LogP contribution in [0.3, 0.4) is 0 Å². The second kappa shape index (κ2) is 6.62. The van der Waals surface area contributed by atoms with Gasteiger partial charge < -0.3 is 4.74 Å². The van der Waals surface area contributed by atoms with Crippen molar-refractivity contribution in [3.8, 4) is 0 Å². The van der Waals surface area contributed by atoms with Gasteiger partial charge in [0.1, 0.15) is 0 Å². The van der Waals surface area contributed by atoms with Gasteiger partial charge in [0.15, 0.2) is 0 Å². The van der Waals surface area contributed by atoms with Gasteiger partial charge in [-0.2, -0.15) is 0 Å². The summed E-state index contributed by atoms with van der Waals surface area (Å²) < 4.78 is 5.69. The lowest BCUT2D eigenvalue weighted by Crippen LogP contribution is -1.93. The fraction of sp³-hybridized carbons (Fsp3) is 0.182. The van der Waals surface area contributed by atoms with Gasteiger partial charge in [0.2, 0.25) is 4.38 Å². The average molecular weight is 224 g/mol. The van der Waals surface area contributed by atoms with Crippen molar-refractivity contribution in [1.82, 2.24) is 0 Å². The van der Waals surface area contributed by atoms with Crippen LogP contribution in [0.1, 0.15) is 12.5 Å². The molecule has 0 saturated heterocycles.